The molecule has 22 heavy (non-hydrogen) atoms. The number of aromatic nitrogens is 1. The van der Waals surface area contributed by atoms with Gasteiger partial charge in [-0.3, -0.25) is 4.90 Å². The first kappa shape index (κ1) is 15.0. The Morgan fingerprint density at radius 1 is 1.27 bits per heavy atom. The Bertz CT molecular complexity index is 685. The molecule has 2 heterocycles. The van der Waals surface area contributed by atoms with Gasteiger partial charge in [0.05, 0.1) is 22.3 Å². The molecule has 1 aliphatic heterocycles. The van der Waals surface area contributed by atoms with Crippen molar-refractivity contribution in [2.45, 2.75) is 25.9 Å². The van der Waals surface area contributed by atoms with Crippen LogP contribution >= 0.6 is 11.3 Å². The second-order valence-electron chi connectivity index (χ2n) is 5.52. The molecule has 2 aromatic rings. The number of thiazole rings is 1. The molecule has 2 atom stereocenters. The van der Waals surface area contributed by atoms with Crippen molar-refractivity contribution in [1.82, 2.24) is 9.88 Å². The number of piperazine rings is 1. The van der Waals surface area contributed by atoms with E-state index in [9.17, 15) is 18.7 Å². The Kier molecular flexibility index (Phi) is 3.64. The van der Waals surface area contributed by atoms with Crippen LogP contribution in [0.4, 0.5) is 18.7 Å². The van der Waals surface area contributed by atoms with Gasteiger partial charge < -0.3 is 10.0 Å². The number of carbonyl (C=O) groups is 1. The van der Waals surface area contributed by atoms with E-state index in [0.29, 0.717) is 28.4 Å². The third-order valence-corrected chi connectivity index (χ3v) is 4.91. The Labute approximate surface area is 129 Å². The molecule has 0 spiro atoms. The van der Waals surface area contributed by atoms with Gasteiger partial charge in [-0.25, -0.2) is 18.6 Å². The van der Waals surface area contributed by atoms with E-state index in [1.165, 1.54) is 16.2 Å². The van der Waals surface area contributed by atoms with Crippen molar-refractivity contribution in [3.63, 3.8) is 0 Å². The van der Waals surface area contributed by atoms with Gasteiger partial charge >= 0.3 is 6.09 Å². The fraction of sp³-hybridized carbons (Fsp3) is 0.429. The number of nitrogens with zero attached hydrogens (tertiary/aromatic N) is 3. The molecule has 5 nitrogen and oxygen atoms in total. The maximum Gasteiger partial charge on any atom is 0.407 e. The van der Waals surface area contributed by atoms with E-state index in [1.54, 1.807) is 0 Å². The van der Waals surface area contributed by atoms with Gasteiger partial charge in [0.25, 0.3) is 0 Å². The van der Waals surface area contributed by atoms with Gasteiger partial charge in [0.1, 0.15) is 0 Å². The molecular weight excluding hydrogens is 312 g/mol. The number of halogens is 2. The van der Waals surface area contributed by atoms with E-state index in [1.807, 2.05) is 18.7 Å². The van der Waals surface area contributed by atoms with Crippen LogP contribution in [0.2, 0.25) is 0 Å². The molecule has 1 aliphatic rings. The molecule has 1 fully saturated rings. The van der Waals surface area contributed by atoms with Crippen molar-refractivity contribution in [2.75, 3.05) is 18.0 Å². The highest BCUT2D eigenvalue weighted by atomic mass is 32.1. The highest BCUT2D eigenvalue weighted by molar-refractivity contribution is 7.22. The summed E-state index contributed by atoms with van der Waals surface area (Å²) in [5, 5.41) is 9.88. The summed E-state index contributed by atoms with van der Waals surface area (Å²) in [6, 6.07) is 1.88. The second-order valence-corrected chi connectivity index (χ2v) is 6.53. The van der Waals surface area contributed by atoms with Crippen molar-refractivity contribution in [3.8, 4) is 0 Å². The van der Waals surface area contributed by atoms with E-state index in [0.717, 1.165) is 12.1 Å². The number of rotatable bonds is 1. The maximum atomic E-state index is 13.3. The smallest absolute Gasteiger partial charge is 0.407 e. The van der Waals surface area contributed by atoms with Gasteiger partial charge in [0, 0.05) is 19.2 Å². The van der Waals surface area contributed by atoms with Gasteiger partial charge in [-0.1, -0.05) is 11.3 Å². The predicted molar refractivity (Wildman–Crippen MR) is 80.5 cm³/mol. The van der Waals surface area contributed by atoms with Crippen molar-refractivity contribution in [3.05, 3.63) is 23.8 Å². The summed E-state index contributed by atoms with van der Waals surface area (Å²) in [7, 11) is 0. The third-order valence-electron chi connectivity index (χ3n) is 3.83. The van der Waals surface area contributed by atoms with Gasteiger partial charge in [0.15, 0.2) is 16.8 Å². The summed E-state index contributed by atoms with van der Waals surface area (Å²) in [4.78, 5) is 19.0. The number of hydrogen-bond acceptors (Lipinski definition) is 4. The molecule has 118 valence electrons. The predicted octanol–water partition coefficient (Wildman–Crippen LogP) is 3.15. The molecule has 0 unspecified atom stereocenters. The van der Waals surface area contributed by atoms with Crippen LogP contribution in [0.25, 0.3) is 10.2 Å². The highest BCUT2D eigenvalue weighted by Gasteiger charge is 2.33. The number of hydrogen-bond donors (Lipinski definition) is 1. The van der Waals surface area contributed by atoms with Crippen molar-refractivity contribution >= 4 is 32.8 Å². The first-order valence-electron chi connectivity index (χ1n) is 6.88. The average Bonchev–Trinajstić information content (AvgIpc) is 2.80. The minimum absolute atomic E-state index is 0.179. The van der Waals surface area contributed by atoms with Crippen LogP contribution in [0, 0.1) is 11.6 Å². The molecular formula is C14H15F2N3O2S. The fourth-order valence-electron chi connectivity index (χ4n) is 2.90. The van der Waals surface area contributed by atoms with E-state index in [4.69, 9.17) is 0 Å². The zero-order chi connectivity index (χ0) is 16.0. The standard InChI is InChI=1S/C14H15F2N3O2S/c1-7-5-18(6-8(2)19(7)14(20)21)13-17-11-3-9(15)10(16)4-12(11)22-13/h3-4,7-8H,5-6H2,1-2H3,(H,20,21)/t7-,8-/m1/s1. The Morgan fingerprint density at radius 3 is 2.45 bits per heavy atom. The number of carboxylic acid groups (broad SMARTS) is 1. The normalized spacial score (nSPS) is 22.4. The average molecular weight is 327 g/mol. The lowest BCUT2D eigenvalue weighted by molar-refractivity contribution is 0.0982. The molecule has 0 aliphatic carbocycles. The Balaban J connectivity index is 1.90. The van der Waals surface area contributed by atoms with E-state index in [2.05, 4.69) is 4.98 Å². The molecule has 1 amide bonds. The lowest BCUT2D eigenvalue weighted by Gasteiger charge is -2.42. The zero-order valence-electron chi connectivity index (χ0n) is 12.1. The number of anilines is 1. The van der Waals surface area contributed by atoms with Crippen LogP contribution in [-0.2, 0) is 0 Å². The van der Waals surface area contributed by atoms with Crippen LogP contribution in [0.15, 0.2) is 12.1 Å². The molecule has 8 heteroatoms. The summed E-state index contributed by atoms with van der Waals surface area (Å²) in [6.45, 7) is 4.68. The quantitative estimate of drug-likeness (QED) is 0.874. The van der Waals surface area contributed by atoms with Crippen LogP contribution in [0.5, 0.6) is 0 Å². The summed E-state index contributed by atoms with van der Waals surface area (Å²) in [5.74, 6) is -1.80. The summed E-state index contributed by atoms with van der Waals surface area (Å²) < 4.78 is 27.1. The van der Waals surface area contributed by atoms with E-state index in [-0.39, 0.29) is 12.1 Å². The number of amides is 1. The summed E-state index contributed by atoms with van der Waals surface area (Å²) in [5.41, 5.74) is 0.417. The number of fused-ring (bicyclic) bond motifs is 1. The summed E-state index contributed by atoms with van der Waals surface area (Å²) >= 11 is 1.28. The van der Waals surface area contributed by atoms with Crippen LogP contribution in [-0.4, -0.2) is 46.3 Å². The molecule has 0 bridgehead atoms. The molecule has 3 rings (SSSR count). The van der Waals surface area contributed by atoms with Gasteiger partial charge in [-0.2, -0.15) is 0 Å². The monoisotopic (exact) mass is 327 g/mol. The minimum atomic E-state index is -0.937. The SMILES string of the molecule is C[C@@H]1CN(c2nc3cc(F)c(F)cc3s2)C[C@@H](C)N1C(=O)O. The van der Waals surface area contributed by atoms with Gasteiger partial charge in [0.2, 0.25) is 0 Å². The van der Waals surface area contributed by atoms with Crippen molar-refractivity contribution in [2.24, 2.45) is 0 Å². The molecule has 1 aromatic carbocycles. The lowest BCUT2D eigenvalue weighted by Crippen LogP contribution is -2.58. The Hall–Kier alpha value is -1.96. The first-order valence-corrected chi connectivity index (χ1v) is 7.70. The van der Waals surface area contributed by atoms with Crippen LogP contribution in [0.3, 0.4) is 0 Å². The lowest BCUT2D eigenvalue weighted by atomic mass is 10.1. The largest absolute Gasteiger partial charge is 0.465 e. The molecule has 0 saturated carbocycles. The molecule has 1 N–H and O–H groups in total. The number of benzene rings is 1. The van der Waals surface area contributed by atoms with Crippen molar-refractivity contribution in [1.29, 1.82) is 0 Å². The Morgan fingerprint density at radius 2 is 1.86 bits per heavy atom. The van der Waals surface area contributed by atoms with Crippen LogP contribution in [0.1, 0.15) is 13.8 Å². The van der Waals surface area contributed by atoms with E-state index >= 15 is 0 Å². The summed E-state index contributed by atoms with van der Waals surface area (Å²) in [6.07, 6.45) is -0.937. The highest BCUT2D eigenvalue weighted by Crippen LogP contribution is 2.32. The van der Waals surface area contributed by atoms with Crippen LogP contribution < -0.4 is 4.90 Å². The molecule has 0 radical (unpaired) electrons. The second kappa shape index (κ2) is 5.35. The van der Waals surface area contributed by atoms with E-state index < -0.39 is 17.7 Å². The third kappa shape index (κ3) is 2.47. The first-order chi connectivity index (χ1) is 10.4. The van der Waals surface area contributed by atoms with Crippen molar-refractivity contribution < 1.29 is 18.7 Å². The van der Waals surface area contributed by atoms with Gasteiger partial charge in [-0.15, -0.1) is 0 Å². The fourth-order valence-corrected chi connectivity index (χ4v) is 3.89. The zero-order valence-corrected chi connectivity index (χ0v) is 12.9. The van der Waals surface area contributed by atoms with Gasteiger partial charge in [-0.05, 0) is 19.9 Å². The maximum absolute atomic E-state index is 13.3. The molecule has 1 aromatic heterocycles. The topological polar surface area (TPSA) is 56.7 Å². The molecule has 1 saturated heterocycles. The minimum Gasteiger partial charge on any atom is -0.465 e.